The van der Waals surface area contributed by atoms with Crippen LogP contribution in [0.5, 0.6) is 0 Å². The van der Waals surface area contributed by atoms with E-state index in [0.717, 1.165) is 0 Å². The van der Waals surface area contributed by atoms with Crippen molar-refractivity contribution < 1.29 is 38.1 Å². The zero-order chi connectivity index (χ0) is 17.6. The summed E-state index contributed by atoms with van der Waals surface area (Å²) >= 11 is 0. The summed E-state index contributed by atoms with van der Waals surface area (Å²) in [4.78, 5) is 44.8. The lowest BCUT2D eigenvalue weighted by atomic mass is 9.99. The molecule has 0 spiro atoms. The molecule has 0 aromatic rings. The minimum atomic E-state index is -1.16. The van der Waals surface area contributed by atoms with Crippen molar-refractivity contribution in [1.29, 1.82) is 0 Å². The molecule has 0 bridgehead atoms. The fraction of sp³-hybridized carbons (Fsp3) is 0.714. The van der Waals surface area contributed by atoms with Crippen molar-refractivity contribution in [1.82, 2.24) is 5.32 Å². The van der Waals surface area contributed by atoms with E-state index in [2.05, 4.69) is 5.32 Å². The number of carbonyl (C=O) groups is 4. The smallest absolute Gasteiger partial charge is 0.305 e. The van der Waals surface area contributed by atoms with Gasteiger partial charge in [0.25, 0.3) is 0 Å². The zero-order valence-electron chi connectivity index (χ0n) is 13.5. The Morgan fingerprint density at radius 3 is 2.09 bits per heavy atom. The van der Waals surface area contributed by atoms with Crippen molar-refractivity contribution in [2.24, 2.45) is 0 Å². The first-order chi connectivity index (χ1) is 10.7. The lowest BCUT2D eigenvalue weighted by molar-refractivity contribution is -0.237. The number of rotatable bonds is 5. The third-order valence-electron chi connectivity index (χ3n) is 2.96. The number of hydrogen-bond donors (Lipinski definition) is 1. The summed E-state index contributed by atoms with van der Waals surface area (Å²) in [6, 6.07) is -0.853. The summed E-state index contributed by atoms with van der Waals surface area (Å²) in [5.41, 5.74) is 0. The molecular weight excluding hydrogens is 310 g/mol. The van der Waals surface area contributed by atoms with E-state index in [1.54, 1.807) is 0 Å². The summed E-state index contributed by atoms with van der Waals surface area (Å²) in [6.45, 7) is 4.85. The zero-order valence-corrected chi connectivity index (χ0v) is 13.5. The molecule has 23 heavy (non-hydrogen) atoms. The lowest BCUT2D eigenvalue weighted by Crippen LogP contribution is -2.59. The average molecular weight is 331 g/mol. The summed E-state index contributed by atoms with van der Waals surface area (Å²) in [7, 11) is 0. The highest BCUT2D eigenvalue weighted by atomic mass is 16.7. The Labute approximate surface area is 133 Å². The van der Waals surface area contributed by atoms with Crippen LogP contribution in [0.1, 0.15) is 34.1 Å². The van der Waals surface area contributed by atoms with E-state index in [1.807, 2.05) is 0 Å². The van der Waals surface area contributed by atoms with Gasteiger partial charge in [-0.05, 0) is 0 Å². The van der Waals surface area contributed by atoms with Gasteiger partial charge >= 0.3 is 17.9 Å². The quantitative estimate of drug-likeness (QED) is 0.537. The number of carbonyl (C=O) groups excluding carboxylic acids is 4. The Bertz CT molecular complexity index is 451. The minimum absolute atomic E-state index is 0.0857. The summed E-state index contributed by atoms with van der Waals surface area (Å²) in [5, 5.41) is 2.55. The molecular formula is C14H21NO8. The normalized spacial score (nSPS) is 26.8. The predicted octanol–water partition coefficient (Wildman–Crippen LogP) is -0.336. The van der Waals surface area contributed by atoms with Crippen LogP contribution < -0.4 is 5.32 Å². The number of esters is 3. The van der Waals surface area contributed by atoms with E-state index >= 15 is 0 Å². The van der Waals surface area contributed by atoms with E-state index in [-0.39, 0.29) is 13.0 Å². The molecule has 1 aliphatic rings. The van der Waals surface area contributed by atoms with Crippen LogP contribution in [0.4, 0.5) is 0 Å². The minimum Gasteiger partial charge on any atom is -0.463 e. The second-order valence-electron chi connectivity index (χ2n) is 5.15. The summed E-state index contributed by atoms with van der Waals surface area (Å²) in [5.74, 6) is -2.07. The maximum atomic E-state index is 11.4. The van der Waals surface area contributed by atoms with E-state index in [4.69, 9.17) is 18.9 Å². The van der Waals surface area contributed by atoms with Crippen molar-refractivity contribution in [2.75, 3.05) is 6.61 Å². The first-order valence-electron chi connectivity index (χ1n) is 7.09. The van der Waals surface area contributed by atoms with Gasteiger partial charge in [-0.3, -0.25) is 19.2 Å². The maximum absolute atomic E-state index is 11.4. The molecule has 0 radical (unpaired) electrons. The van der Waals surface area contributed by atoms with Gasteiger partial charge in [0.1, 0.15) is 18.8 Å². The number of hydrogen-bond acceptors (Lipinski definition) is 8. The Morgan fingerprint density at radius 2 is 1.61 bits per heavy atom. The molecule has 1 aliphatic heterocycles. The van der Waals surface area contributed by atoms with Gasteiger partial charge in [0.2, 0.25) is 12.2 Å². The van der Waals surface area contributed by atoms with Gasteiger partial charge in [-0.1, -0.05) is 0 Å². The van der Waals surface area contributed by atoms with Gasteiger partial charge in [-0.15, -0.1) is 0 Å². The molecule has 1 fully saturated rings. The third-order valence-corrected chi connectivity index (χ3v) is 2.96. The summed E-state index contributed by atoms with van der Waals surface area (Å²) in [6.07, 6.45) is -2.40. The van der Waals surface area contributed by atoms with Crippen molar-refractivity contribution in [3.63, 3.8) is 0 Å². The first-order valence-corrected chi connectivity index (χ1v) is 7.09. The number of ether oxygens (including phenoxy) is 4. The predicted molar refractivity (Wildman–Crippen MR) is 74.8 cm³/mol. The second-order valence-corrected chi connectivity index (χ2v) is 5.15. The van der Waals surface area contributed by atoms with Crippen LogP contribution in [0.2, 0.25) is 0 Å². The van der Waals surface area contributed by atoms with Gasteiger partial charge in [0, 0.05) is 34.1 Å². The van der Waals surface area contributed by atoms with Crippen molar-refractivity contribution in [2.45, 2.75) is 58.7 Å². The van der Waals surface area contributed by atoms with Crippen molar-refractivity contribution >= 4 is 23.8 Å². The highest BCUT2D eigenvalue weighted by Gasteiger charge is 2.43. The number of amides is 1. The largest absolute Gasteiger partial charge is 0.463 e. The Balaban J connectivity index is 2.92. The Morgan fingerprint density at radius 1 is 1.00 bits per heavy atom. The monoisotopic (exact) mass is 331 g/mol. The topological polar surface area (TPSA) is 117 Å². The standard InChI is InChI=1S/C14H21NO8/c1-7(16)15-13-12(21-9(3)18)5-11(6-20-8(2)17)23-14(13)22-10(4)19/h11-14H,5-6H2,1-4H3,(H,15,16)/t11-,12-,13+,14-/m0/s1. The van der Waals surface area contributed by atoms with E-state index in [0.29, 0.717) is 0 Å². The molecule has 4 atom stereocenters. The SMILES string of the molecule is CC(=O)N[C@H]1[C@@H](OC(C)=O)O[C@H](COC(C)=O)C[C@@H]1OC(C)=O. The molecule has 130 valence electrons. The molecule has 0 aromatic carbocycles. The molecule has 0 aromatic heterocycles. The lowest BCUT2D eigenvalue weighted by Gasteiger charge is -2.40. The van der Waals surface area contributed by atoms with Gasteiger partial charge in [-0.2, -0.15) is 0 Å². The van der Waals surface area contributed by atoms with E-state index in [9.17, 15) is 19.2 Å². The third kappa shape index (κ3) is 6.64. The summed E-state index contributed by atoms with van der Waals surface area (Å²) < 4.78 is 20.7. The van der Waals surface area contributed by atoms with E-state index in [1.165, 1.54) is 27.7 Å². The molecule has 0 saturated carbocycles. The molecule has 9 heteroatoms. The van der Waals surface area contributed by atoms with Crippen LogP contribution in [0, 0.1) is 0 Å². The highest BCUT2D eigenvalue weighted by Crippen LogP contribution is 2.24. The molecule has 1 heterocycles. The van der Waals surface area contributed by atoms with Crippen LogP contribution in [0.15, 0.2) is 0 Å². The van der Waals surface area contributed by atoms with Gasteiger partial charge in [-0.25, -0.2) is 0 Å². The van der Waals surface area contributed by atoms with Crippen LogP contribution in [-0.4, -0.2) is 55.0 Å². The fourth-order valence-corrected chi connectivity index (χ4v) is 2.22. The number of nitrogens with one attached hydrogen (secondary N) is 1. The molecule has 0 unspecified atom stereocenters. The Hall–Kier alpha value is -2.16. The maximum Gasteiger partial charge on any atom is 0.305 e. The van der Waals surface area contributed by atoms with Crippen LogP contribution >= 0.6 is 0 Å². The van der Waals surface area contributed by atoms with Crippen molar-refractivity contribution in [3.05, 3.63) is 0 Å². The molecule has 9 nitrogen and oxygen atoms in total. The van der Waals surface area contributed by atoms with Crippen LogP contribution in [0.3, 0.4) is 0 Å². The molecule has 1 amide bonds. The fourth-order valence-electron chi connectivity index (χ4n) is 2.22. The van der Waals surface area contributed by atoms with Gasteiger partial charge in [0.05, 0.1) is 6.10 Å². The van der Waals surface area contributed by atoms with Crippen LogP contribution in [-0.2, 0) is 38.1 Å². The second kappa shape index (κ2) is 8.47. The van der Waals surface area contributed by atoms with E-state index < -0.39 is 48.4 Å². The average Bonchev–Trinajstić information content (AvgIpc) is 2.38. The van der Waals surface area contributed by atoms with Crippen molar-refractivity contribution in [3.8, 4) is 0 Å². The molecule has 1 saturated heterocycles. The first kappa shape index (κ1) is 18.9. The molecule has 1 N–H and O–H groups in total. The van der Waals surface area contributed by atoms with Gasteiger partial charge in [0.15, 0.2) is 0 Å². The molecule has 1 rings (SSSR count). The highest BCUT2D eigenvalue weighted by molar-refractivity contribution is 5.73. The van der Waals surface area contributed by atoms with Gasteiger partial charge < -0.3 is 24.3 Å². The molecule has 0 aliphatic carbocycles. The Kier molecular flexibility index (Phi) is 6.95. The van der Waals surface area contributed by atoms with Crippen LogP contribution in [0.25, 0.3) is 0 Å².